The van der Waals surface area contributed by atoms with Crippen molar-refractivity contribution in [2.75, 3.05) is 0 Å². The Bertz CT molecular complexity index is 1780. The average Bonchev–Trinajstić information content (AvgIpc) is 3.29. The first-order valence-corrected chi connectivity index (χ1v) is 16.0. The Morgan fingerprint density at radius 3 is 1.58 bits per heavy atom. The summed E-state index contributed by atoms with van der Waals surface area (Å²) in [4.78, 5) is 0. The molecule has 3 aliphatic carbocycles. The first kappa shape index (κ1) is 22.2. The van der Waals surface area contributed by atoms with Gasteiger partial charge in [0.15, 0.2) is 0 Å². The molecule has 1 spiro atoms. The van der Waals surface area contributed by atoms with E-state index < -0.39 is 11.2 Å². The van der Waals surface area contributed by atoms with E-state index in [1.165, 1.54) is 55.1 Å². The molecule has 1 atom stereocenters. The average molecular weight is 521 g/mol. The maximum absolute atomic E-state index is 7.23. The minimum atomic E-state index is -2.46. The van der Waals surface area contributed by atoms with Crippen LogP contribution in [0.3, 0.4) is 0 Å². The minimum Gasteiger partial charge on any atom is -0.0860 e. The van der Waals surface area contributed by atoms with Gasteiger partial charge in [0.2, 0.25) is 0 Å². The normalized spacial score (nSPS) is 24.4. The zero-order valence-corrected chi connectivity index (χ0v) is 22.5. The van der Waals surface area contributed by atoms with Gasteiger partial charge in [-0.25, -0.2) is 0 Å². The third kappa shape index (κ3) is 2.63. The van der Waals surface area contributed by atoms with E-state index in [2.05, 4.69) is 146 Å². The number of hydrogen-bond donors (Lipinski definition) is 0. The monoisotopic (exact) mass is 520 g/mol. The predicted molar refractivity (Wildman–Crippen MR) is 164 cm³/mol. The molecule has 38 heavy (non-hydrogen) atoms. The Balaban J connectivity index is 1.62. The molecule has 0 nitrogen and oxygen atoms in total. The molecule has 0 amide bonds. The van der Waals surface area contributed by atoms with Crippen LogP contribution in [0.4, 0.5) is 0 Å². The molecule has 2 bridgehead atoms. The largest absolute Gasteiger partial charge is 0.0860 e. The molecular formula is C36H25PS. The van der Waals surface area contributed by atoms with E-state index >= 15 is 0 Å². The first-order chi connectivity index (χ1) is 18.8. The van der Waals surface area contributed by atoms with Gasteiger partial charge in [-0.15, -0.1) is 0 Å². The van der Waals surface area contributed by atoms with E-state index in [-0.39, 0.29) is 5.92 Å². The second kappa shape index (κ2) is 8.11. The molecule has 0 radical (unpaired) electrons. The van der Waals surface area contributed by atoms with Crippen molar-refractivity contribution >= 4 is 34.0 Å². The van der Waals surface area contributed by atoms with Crippen LogP contribution < -0.4 is 5.30 Å². The predicted octanol–water partition coefficient (Wildman–Crippen LogP) is 8.70. The summed E-state index contributed by atoms with van der Waals surface area (Å²) in [5.41, 5.74) is 10.9. The molecule has 1 aliphatic heterocycles. The van der Waals surface area contributed by atoms with Crippen LogP contribution in [0.5, 0.6) is 0 Å². The molecule has 180 valence electrons. The highest BCUT2D eigenvalue weighted by Gasteiger charge is 2.63. The molecule has 2 heteroatoms. The molecule has 0 saturated heterocycles. The topological polar surface area (TPSA) is 0 Å². The van der Waals surface area contributed by atoms with Crippen LogP contribution in [0.1, 0.15) is 39.3 Å². The number of allylic oxidation sites excluding steroid dienone is 3. The van der Waals surface area contributed by atoms with Crippen molar-refractivity contribution in [1.82, 2.24) is 0 Å². The van der Waals surface area contributed by atoms with Crippen molar-refractivity contribution in [2.24, 2.45) is 0 Å². The fourth-order valence-corrected chi connectivity index (χ4v) is 13.1. The van der Waals surface area contributed by atoms with Crippen molar-refractivity contribution in [3.8, 4) is 0 Å². The molecule has 0 fully saturated rings. The number of benzene rings is 5. The molecular weight excluding hydrogens is 495 g/mol. The van der Waals surface area contributed by atoms with Gasteiger partial charge in [-0.2, -0.15) is 0 Å². The van der Waals surface area contributed by atoms with Crippen LogP contribution >= 0.6 is 6.04 Å². The van der Waals surface area contributed by atoms with Gasteiger partial charge in [0, 0.05) is 12.0 Å². The molecule has 5 aromatic carbocycles. The van der Waals surface area contributed by atoms with E-state index in [1.54, 1.807) is 0 Å². The Kier molecular flexibility index (Phi) is 4.75. The lowest BCUT2D eigenvalue weighted by Crippen LogP contribution is -2.41. The fourth-order valence-electron chi connectivity index (χ4n) is 7.30. The summed E-state index contributed by atoms with van der Waals surface area (Å²) in [6, 6.07) is 48.7. The van der Waals surface area contributed by atoms with Crippen molar-refractivity contribution in [2.45, 2.75) is 11.1 Å². The highest BCUT2D eigenvalue weighted by Crippen LogP contribution is 2.84. The quantitative estimate of drug-likeness (QED) is 0.214. The summed E-state index contributed by atoms with van der Waals surface area (Å²) in [5, 5.41) is 2.18. The SMILES string of the molecule is S=P1(c2ccccc2)C(c2ccccc2)=CC2=C(c3ccccc3)C3c4ccccc4C21c1ccccc13. The van der Waals surface area contributed by atoms with Gasteiger partial charge >= 0.3 is 0 Å². The molecule has 5 aromatic rings. The fraction of sp³-hybridized carbons (Fsp3) is 0.0556. The van der Waals surface area contributed by atoms with Crippen LogP contribution in [0.15, 0.2) is 151 Å². The Morgan fingerprint density at radius 2 is 1.00 bits per heavy atom. The number of rotatable bonds is 3. The van der Waals surface area contributed by atoms with Crippen molar-refractivity contribution in [1.29, 1.82) is 0 Å². The first-order valence-electron chi connectivity index (χ1n) is 13.2. The van der Waals surface area contributed by atoms with Crippen LogP contribution in [-0.2, 0) is 17.0 Å². The lowest BCUT2D eigenvalue weighted by molar-refractivity contribution is 0.752. The van der Waals surface area contributed by atoms with Crippen LogP contribution in [0, 0.1) is 0 Å². The van der Waals surface area contributed by atoms with Gasteiger partial charge in [-0.1, -0.05) is 151 Å². The van der Waals surface area contributed by atoms with E-state index in [0.29, 0.717) is 0 Å². The maximum atomic E-state index is 7.23. The van der Waals surface area contributed by atoms with E-state index in [9.17, 15) is 0 Å². The van der Waals surface area contributed by atoms with Gasteiger partial charge < -0.3 is 0 Å². The Morgan fingerprint density at radius 1 is 0.526 bits per heavy atom. The second-order valence-corrected chi connectivity index (χ2v) is 14.9. The van der Waals surface area contributed by atoms with Gasteiger partial charge in [-0.3, -0.25) is 0 Å². The molecule has 0 aromatic heterocycles. The van der Waals surface area contributed by atoms with E-state index in [0.717, 1.165) is 0 Å². The van der Waals surface area contributed by atoms with Gasteiger partial charge in [0.1, 0.15) is 0 Å². The van der Waals surface area contributed by atoms with Crippen LogP contribution in [0.2, 0.25) is 0 Å². The van der Waals surface area contributed by atoms with Gasteiger partial charge in [0.05, 0.1) is 5.16 Å². The Hall–Kier alpha value is -3.77. The summed E-state index contributed by atoms with van der Waals surface area (Å²) in [6.45, 7) is 0. The molecule has 1 unspecified atom stereocenters. The summed E-state index contributed by atoms with van der Waals surface area (Å²) in [5.74, 6) is 0.187. The van der Waals surface area contributed by atoms with Crippen LogP contribution in [0.25, 0.3) is 10.9 Å². The minimum absolute atomic E-state index is 0.187. The third-order valence-electron chi connectivity index (χ3n) is 8.66. The highest BCUT2D eigenvalue weighted by molar-refractivity contribution is 8.24. The van der Waals surface area contributed by atoms with Gasteiger partial charge in [0.25, 0.3) is 0 Å². The molecule has 9 rings (SSSR count). The summed E-state index contributed by atoms with van der Waals surface area (Å²) >= 11 is 7.23. The summed E-state index contributed by atoms with van der Waals surface area (Å²) in [6.07, 6.45) is 2.50. The standard InChI is InChI=1S/C36H25PS/c38-37(27-18-8-3-9-19-27)33(25-14-4-1-5-15-25)24-32-34(26-16-6-2-7-17-26)35-28-20-10-12-22-30(28)36(32,37)31-23-13-11-21-29(31)35/h1-24,35H. The third-order valence-corrected chi connectivity index (χ3v) is 14.5. The van der Waals surface area contributed by atoms with E-state index in [4.69, 9.17) is 11.8 Å². The zero-order valence-electron chi connectivity index (χ0n) is 20.8. The second-order valence-electron chi connectivity index (χ2n) is 10.4. The molecule has 0 saturated carbocycles. The molecule has 0 N–H and O–H groups in total. The summed E-state index contributed by atoms with van der Waals surface area (Å²) < 4.78 is 0. The van der Waals surface area contributed by atoms with Crippen LogP contribution in [-0.4, -0.2) is 0 Å². The van der Waals surface area contributed by atoms with Crippen molar-refractivity contribution in [3.05, 3.63) is 185 Å². The zero-order chi connectivity index (χ0) is 25.3. The lowest BCUT2D eigenvalue weighted by atomic mass is 9.59. The lowest BCUT2D eigenvalue weighted by Gasteiger charge is -2.53. The van der Waals surface area contributed by atoms with Crippen molar-refractivity contribution < 1.29 is 0 Å². The number of hydrogen-bond acceptors (Lipinski definition) is 1. The van der Waals surface area contributed by atoms with Gasteiger partial charge in [-0.05, 0) is 61.2 Å². The summed E-state index contributed by atoms with van der Waals surface area (Å²) in [7, 11) is 0. The molecule has 1 heterocycles. The molecule has 4 aliphatic rings. The smallest absolute Gasteiger partial charge is 0.0827 e. The highest BCUT2D eigenvalue weighted by atomic mass is 32.4. The van der Waals surface area contributed by atoms with E-state index in [1.807, 2.05) is 0 Å². The van der Waals surface area contributed by atoms with Crippen molar-refractivity contribution in [3.63, 3.8) is 0 Å². The Labute approximate surface area is 229 Å². The maximum Gasteiger partial charge on any atom is 0.0827 e.